The second kappa shape index (κ2) is 7.82. The van der Waals surface area contributed by atoms with Gasteiger partial charge in [0.15, 0.2) is 11.6 Å². The van der Waals surface area contributed by atoms with E-state index in [0.717, 1.165) is 0 Å². The first kappa shape index (κ1) is 17.1. The number of nitrogens with one attached hydrogen (secondary N) is 2. The van der Waals surface area contributed by atoms with Crippen molar-refractivity contribution in [3.63, 3.8) is 0 Å². The van der Waals surface area contributed by atoms with Gasteiger partial charge in [-0.3, -0.25) is 15.0 Å². The third-order valence-electron chi connectivity index (χ3n) is 3.03. The molecule has 2 rings (SSSR count). The highest BCUT2D eigenvalue weighted by molar-refractivity contribution is 6.45. The molecule has 0 atom stereocenters. The molecule has 0 amide bonds. The maximum atomic E-state index is 11.5. The molecule has 0 unspecified atom stereocenters. The van der Waals surface area contributed by atoms with E-state index in [1.165, 1.54) is 13.0 Å². The van der Waals surface area contributed by atoms with Crippen LogP contribution in [-0.2, 0) is 16.2 Å². The molecule has 2 aromatic rings. The maximum Gasteiger partial charge on any atom is 0.322 e. The summed E-state index contributed by atoms with van der Waals surface area (Å²) in [5.41, 5.74) is 0.417. The van der Waals surface area contributed by atoms with Crippen LogP contribution in [0.25, 0.3) is 0 Å². The number of Topliss-reactive ketones (excluding diaryl/α,β-unsaturated/α-hetero) is 1. The quantitative estimate of drug-likeness (QED) is 0.627. The lowest BCUT2D eigenvalue weighted by molar-refractivity contribution is -0.134. The molecule has 0 fully saturated rings. The third kappa shape index (κ3) is 4.60. The average Bonchev–Trinajstić information content (AvgIpc) is 2.58. The number of hydrogen-bond acceptors (Lipinski definition) is 7. The number of nitrogens with zero attached hydrogens (tertiary/aromatic N) is 2. The summed E-state index contributed by atoms with van der Waals surface area (Å²) in [4.78, 5) is 30.3. The van der Waals surface area contributed by atoms with E-state index in [1.54, 1.807) is 30.6 Å². The minimum absolute atomic E-state index is 0.135. The molecule has 0 aliphatic rings. The molecule has 1 heterocycles. The largest absolute Gasteiger partial charge is 0.486 e. The Morgan fingerprint density at radius 2 is 2.00 bits per heavy atom. The second-order valence-electron chi connectivity index (χ2n) is 4.84. The fourth-order valence-corrected chi connectivity index (χ4v) is 1.89. The van der Waals surface area contributed by atoms with Crippen molar-refractivity contribution < 1.29 is 19.4 Å². The smallest absolute Gasteiger partial charge is 0.322 e. The number of hydrogen-bond donors (Lipinski definition) is 3. The van der Waals surface area contributed by atoms with Crippen molar-refractivity contribution in [2.24, 2.45) is 0 Å². The van der Waals surface area contributed by atoms with Crippen molar-refractivity contribution in [2.75, 3.05) is 11.9 Å². The van der Waals surface area contributed by atoms with E-state index in [-0.39, 0.29) is 24.4 Å². The van der Waals surface area contributed by atoms with E-state index in [2.05, 4.69) is 15.3 Å². The summed E-state index contributed by atoms with van der Waals surface area (Å²) in [5.74, 6) is -0.563. The lowest BCUT2D eigenvalue weighted by Crippen LogP contribution is -2.17. The Bertz CT molecular complexity index is 762. The molecule has 0 bridgehead atoms. The molecular weight excluding hydrogens is 312 g/mol. The Labute approximate surface area is 138 Å². The highest BCUT2D eigenvalue weighted by Gasteiger charge is 2.14. The van der Waals surface area contributed by atoms with Gasteiger partial charge in [-0.05, 0) is 24.3 Å². The first-order valence-corrected chi connectivity index (χ1v) is 7.05. The van der Waals surface area contributed by atoms with Crippen LogP contribution in [0.5, 0.6) is 5.75 Å². The molecule has 8 nitrogen and oxygen atoms in total. The molecule has 1 aromatic carbocycles. The number of benzene rings is 1. The minimum Gasteiger partial charge on any atom is -0.486 e. The Balaban J connectivity index is 2.21. The summed E-state index contributed by atoms with van der Waals surface area (Å²) in [6, 6.07) is 6.39. The number of carbonyl (C=O) groups excluding carboxylic acids is 1. The van der Waals surface area contributed by atoms with Crippen LogP contribution in [0.3, 0.4) is 0 Å². The van der Waals surface area contributed by atoms with Gasteiger partial charge >= 0.3 is 5.97 Å². The number of carboxylic acids is 1. The molecule has 3 N–H and O–H groups in total. The number of carboxylic acid groups (broad SMARTS) is 1. The molecule has 8 heteroatoms. The molecule has 24 heavy (non-hydrogen) atoms. The van der Waals surface area contributed by atoms with Gasteiger partial charge in [-0.25, -0.2) is 9.97 Å². The fourth-order valence-electron chi connectivity index (χ4n) is 1.89. The molecule has 0 spiro atoms. The van der Waals surface area contributed by atoms with Crippen LogP contribution >= 0.6 is 0 Å². The van der Waals surface area contributed by atoms with Crippen LogP contribution < -0.4 is 10.1 Å². The van der Waals surface area contributed by atoms with E-state index < -0.39 is 11.8 Å². The second-order valence-corrected chi connectivity index (χ2v) is 4.84. The Morgan fingerprint density at radius 3 is 2.62 bits per heavy atom. The number of rotatable bonds is 8. The van der Waals surface area contributed by atoms with Crippen LogP contribution in [0, 0.1) is 5.41 Å². The lowest BCUT2D eigenvalue weighted by atomic mass is 10.0. The van der Waals surface area contributed by atoms with E-state index in [4.69, 9.17) is 15.3 Å². The summed E-state index contributed by atoms with van der Waals surface area (Å²) in [6.45, 7) is 1.08. The van der Waals surface area contributed by atoms with Crippen molar-refractivity contribution >= 4 is 23.2 Å². The van der Waals surface area contributed by atoms with Crippen LogP contribution in [0.1, 0.15) is 18.3 Å². The predicted octanol–water partition coefficient (Wildman–Crippen LogP) is 1.51. The monoisotopic (exact) mass is 328 g/mol. The first-order valence-electron chi connectivity index (χ1n) is 7.05. The van der Waals surface area contributed by atoms with Gasteiger partial charge in [0.05, 0.1) is 0 Å². The third-order valence-corrected chi connectivity index (χ3v) is 3.03. The first-order chi connectivity index (χ1) is 11.5. The van der Waals surface area contributed by atoms with Crippen LogP contribution in [-0.4, -0.2) is 39.1 Å². The van der Waals surface area contributed by atoms with E-state index in [9.17, 15) is 9.59 Å². The predicted molar refractivity (Wildman–Crippen MR) is 86.4 cm³/mol. The average molecular weight is 328 g/mol. The minimum atomic E-state index is -1.04. The molecule has 124 valence electrons. The summed E-state index contributed by atoms with van der Waals surface area (Å²) in [5, 5.41) is 19.3. The summed E-state index contributed by atoms with van der Waals surface area (Å²) >= 11 is 0. The van der Waals surface area contributed by atoms with Gasteiger partial charge in [0.1, 0.15) is 24.6 Å². The molecular formula is C16H16N4O4. The molecule has 0 saturated heterocycles. The highest BCUT2D eigenvalue weighted by Crippen LogP contribution is 2.23. The topological polar surface area (TPSA) is 125 Å². The number of carbonyl (C=O) groups is 2. The van der Waals surface area contributed by atoms with Gasteiger partial charge < -0.3 is 15.2 Å². The van der Waals surface area contributed by atoms with Crippen molar-refractivity contribution in [1.29, 1.82) is 5.41 Å². The zero-order chi connectivity index (χ0) is 17.5. The summed E-state index contributed by atoms with van der Waals surface area (Å²) in [6.07, 6.45) is 3.20. The van der Waals surface area contributed by atoms with Crippen LogP contribution in [0.15, 0.2) is 36.7 Å². The number of ketones is 1. The maximum absolute atomic E-state index is 11.5. The van der Waals surface area contributed by atoms with Gasteiger partial charge in [-0.15, -0.1) is 0 Å². The SMILES string of the molecule is CC(=O)C(=N)c1cc(OCc2ncccn2)ccc1NCC(=O)O. The Kier molecular flexibility index (Phi) is 5.56. The molecule has 0 aliphatic carbocycles. The molecule has 0 radical (unpaired) electrons. The molecule has 0 aliphatic heterocycles. The zero-order valence-corrected chi connectivity index (χ0v) is 12.9. The molecule has 1 aromatic heterocycles. The van der Waals surface area contributed by atoms with Gasteiger partial charge in [0.25, 0.3) is 0 Å². The molecule has 0 saturated carbocycles. The van der Waals surface area contributed by atoms with Crippen molar-refractivity contribution in [3.05, 3.63) is 48.0 Å². The van der Waals surface area contributed by atoms with E-state index in [1.807, 2.05) is 0 Å². The number of anilines is 1. The van der Waals surface area contributed by atoms with Gasteiger partial charge in [-0.2, -0.15) is 0 Å². The Morgan fingerprint density at radius 1 is 1.29 bits per heavy atom. The van der Waals surface area contributed by atoms with Crippen LogP contribution in [0.2, 0.25) is 0 Å². The standard InChI is InChI=1S/C16H16N4O4/c1-10(21)16(17)12-7-11(3-4-13(12)20-8-15(22)23)24-9-14-18-5-2-6-19-14/h2-7,17,20H,8-9H2,1H3,(H,22,23). The number of aromatic nitrogens is 2. The Hall–Kier alpha value is -3.29. The lowest BCUT2D eigenvalue weighted by Gasteiger charge is -2.13. The fraction of sp³-hybridized carbons (Fsp3) is 0.188. The number of aliphatic carboxylic acids is 1. The zero-order valence-electron chi connectivity index (χ0n) is 12.9. The van der Waals surface area contributed by atoms with Crippen molar-refractivity contribution in [1.82, 2.24) is 9.97 Å². The van der Waals surface area contributed by atoms with Gasteiger partial charge in [-0.1, -0.05) is 0 Å². The normalized spacial score (nSPS) is 10.0. The van der Waals surface area contributed by atoms with Crippen molar-refractivity contribution in [2.45, 2.75) is 13.5 Å². The highest BCUT2D eigenvalue weighted by atomic mass is 16.5. The van der Waals surface area contributed by atoms with E-state index in [0.29, 0.717) is 17.3 Å². The van der Waals surface area contributed by atoms with Crippen LogP contribution in [0.4, 0.5) is 5.69 Å². The summed E-state index contributed by atoms with van der Waals surface area (Å²) in [7, 11) is 0. The van der Waals surface area contributed by atoms with Crippen molar-refractivity contribution in [3.8, 4) is 5.75 Å². The van der Waals surface area contributed by atoms with E-state index >= 15 is 0 Å². The number of ether oxygens (including phenoxy) is 1. The summed E-state index contributed by atoms with van der Waals surface area (Å²) < 4.78 is 5.57. The van der Waals surface area contributed by atoms with Gasteiger partial charge in [0, 0.05) is 30.6 Å². The van der Waals surface area contributed by atoms with Gasteiger partial charge in [0.2, 0.25) is 0 Å².